The molecule has 2 atom stereocenters. The minimum atomic E-state index is -0.186. The van der Waals surface area contributed by atoms with Gasteiger partial charge in [0.2, 0.25) is 5.91 Å². The summed E-state index contributed by atoms with van der Waals surface area (Å²) in [4.78, 5) is 28.6. The average Bonchev–Trinajstić information content (AvgIpc) is 3.15. The number of ether oxygens (including phenoxy) is 2. The highest BCUT2D eigenvalue weighted by atomic mass is 32.2. The predicted molar refractivity (Wildman–Crippen MR) is 115 cm³/mol. The van der Waals surface area contributed by atoms with E-state index in [1.165, 1.54) is 0 Å². The summed E-state index contributed by atoms with van der Waals surface area (Å²) in [5.74, 6) is 2.72. The first kappa shape index (κ1) is 21.8. The third kappa shape index (κ3) is 5.81. The third-order valence-corrected chi connectivity index (χ3v) is 6.83. The standard InChI is InChI=1S/C22H32N2O4S/c1-3-17(2)20-15-28-22(26)24(20)18-9-11-23(12-10-18)21(25)16-29-14-13-27-19-7-5-4-6-8-19/h4-8,17-18,20H,3,9-16H2,1-2H3. The molecule has 0 N–H and O–H groups in total. The van der Waals surface area contributed by atoms with Gasteiger partial charge in [0.05, 0.1) is 18.4 Å². The lowest BCUT2D eigenvalue weighted by atomic mass is 9.95. The molecule has 7 heteroatoms. The van der Waals surface area contributed by atoms with Crippen molar-refractivity contribution < 1.29 is 19.1 Å². The Labute approximate surface area is 177 Å². The predicted octanol–water partition coefficient (Wildman–Crippen LogP) is 3.66. The zero-order valence-corrected chi connectivity index (χ0v) is 18.2. The van der Waals surface area contributed by atoms with E-state index >= 15 is 0 Å². The van der Waals surface area contributed by atoms with Crippen molar-refractivity contribution >= 4 is 23.8 Å². The van der Waals surface area contributed by atoms with E-state index in [4.69, 9.17) is 9.47 Å². The van der Waals surface area contributed by atoms with Crippen LogP contribution in [-0.2, 0) is 9.53 Å². The number of carbonyl (C=O) groups excluding carboxylic acids is 2. The maximum absolute atomic E-state index is 12.5. The first-order chi connectivity index (χ1) is 14.1. The number of hydrogen-bond donors (Lipinski definition) is 0. The van der Waals surface area contributed by atoms with Gasteiger partial charge in [0.15, 0.2) is 0 Å². The summed E-state index contributed by atoms with van der Waals surface area (Å²) >= 11 is 1.61. The van der Waals surface area contributed by atoms with Crippen LogP contribution >= 0.6 is 11.8 Å². The van der Waals surface area contributed by atoms with Gasteiger partial charge < -0.3 is 14.4 Å². The van der Waals surface area contributed by atoms with Gasteiger partial charge in [-0.1, -0.05) is 38.5 Å². The van der Waals surface area contributed by atoms with Crippen LogP contribution in [0.1, 0.15) is 33.1 Å². The van der Waals surface area contributed by atoms with Crippen LogP contribution in [0.5, 0.6) is 5.75 Å². The summed E-state index contributed by atoms with van der Waals surface area (Å²) in [6.07, 6.45) is 2.50. The molecule has 29 heavy (non-hydrogen) atoms. The highest BCUT2D eigenvalue weighted by Crippen LogP contribution is 2.29. The molecule has 2 amide bonds. The maximum Gasteiger partial charge on any atom is 0.410 e. The molecule has 0 spiro atoms. The van der Waals surface area contributed by atoms with E-state index in [0.717, 1.165) is 30.8 Å². The normalized spacial score (nSPS) is 21.2. The Kier molecular flexibility index (Phi) is 8.09. The van der Waals surface area contributed by atoms with Gasteiger partial charge in [-0.3, -0.25) is 9.69 Å². The Morgan fingerprint density at radius 1 is 1.28 bits per heavy atom. The first-order valence-corrected chi connectivity index (χ1v) is 11.7. The summed E-state index contributed by atoms with van der Waals surface area (Å²) < 4.78 is 11.0. The van der Waals surface area contributed by atoms with E-state index in [-0.39, 0.29) is 24.1 Å². The maximum atomic E-state index is 12.5. The van der Waals surface area contributed by atoms with E-state index < -0.39 is 0 Å². The molecule has 2 unspecified atom stereocenters. The molecule has 2 aliphatic heterocycles. The Balaban J connectivity index is 1.36. The number of carbonyl (C=O) groups is 2. The van der Waals surface area contributed by atoms with Crippen LogP contribution in [0.15, 0.2) is 30.3 Å². The highest BCUT2D eigenvalue weighted by molar-refractivity contribution is 7.99. The van der Waals surface area contributed by atoms with E-state index in [0.29, 0.717) is 38.0 Å². The van der Waals surface area contributed by atoms with Crippen molar-refractivity contribution in [3.63, 3.8) is 0 Å². The highest BCUT2D eigenvalue weighted by Gasteiger charge is 2.41. The number of rotatable bonds is 9. The molecule has 0 aliphatic carbocycles. The van der Waals surface area contributed by atoms with Gasteiger partial charge in [0, 0.05) is 24.9 Å². The molecule has 0 aromatic heterocycles. The van der Waals surface area contributed by atoms with Crippen molar-refractivity contribution in [2.75, 3.05) is 37.8 Å². The zero-order valence-electron chi connectivity index (χ0n) is 17.4. The smallest absolute Gasteiger partial charge is 0.410 e. The molecule has 0 saturated carbocycles. The molecule has 2 fully saturated rings. The van der Waals surface area contributed by atoms with Gasteiger partial charge in [-0.25, -0.2) is 4.79 Å². The number of hydrogen-bond acceptors (Lipinski definition) is 5. The first-order valence-electron chi connectivity index (χ1n) is 10.6. The number of cyclic esters (lactones) is 1. The van der Waals surface area contributed by atoms with Crippen LogP contribution in [0, 0.1) is 5.92 Å². The van der Waals surface area contributed by atoms with Crippen molar-refractivity contribution in [3.8, 4) is 5.75 Å². The summed E-state index contributed by atoms with van der Waals surface area (Å²) in [6.45, 7) is 6.84. The number of para-hydroxylation sites is 1. The van der Waals surface area contributed by atoms with Crippen LogP contribution < -0.4 is 4.74 Å². The quantitative estimate of drug-likeness (QED) is 0.571. The van der Waals surface area contributed by atoms with Gasteiger partial charge in [0.25, 0.3) is 0 Å². The SMILES string of the molecule is CCC(C)C1COC(=O)N1C1CCN(C(=O)CSCCOc2ccccc2)CC1. The number of benzene rings is 1. The van der Waals surface area contributed by atoms with Gasteiger partial charge in [-0.05, 0) is 30.9 Å². The minimum absolute atomic E-state index is 0.167. The van der Waals surface area contributed by atoms with E-state index in [1.54, 1.807) is 11.8 Å². The van der Waals surface area contributed by atoms with Gasteiger partial charge in [0.1, 0.15) is 12.4 Å². The summed E-state index contributed by atoms with van der Waals surface area (Å²) in [5.41, 5.74) is 0. The lowest BCUT2D eigenvalue weighted by Gasteiger charge is -2.39. The van der Waals surface area contributed by atoms with Crippen LogP contribution in [-0.4, -0.2) is 71.7 Å². The molecule has 1 aromatic carbocycles. The number of amides is 2. The van der Waals surface area contributed by atoms with Crippen LogP contribution in [0.25, 0.3) is 0 Å². The largest absolute Gasteiger partial charge is 0.493 e. The Morgan fingerprint density at radius 3 is 2.69 bits per heavy atom. The molecule has 0 radical (unpaired) electrons. The summed E-state index contributed by atoms with van der Waals surface area (Å²) in [7, 11) is 0. The van der Waals surface area contributed by atoms with Crippen molar-refractivity contribution in [1.82, 2.24) is 9.80 Å². The zero-order chi connectivity index (χ0) is 20.6. The van der Waals surface area contributed by atoms with E-state index in [1.807, 2.05) is 40.1 Å². The van der Waals surface area contributed by atoms with Crippen molar-refractivity contribution in [1.29, 1.82) is 0 Å². The average molecular weight is 421 g/mol. The summed E-state index contributed by atoms with van der Waals surface area (Å²) in [6, 6.07) is 10.1. The monoisotopic (exact) mass is 420 g/mol. The van der Waals surface area contributed by atoms with Gasteiger partial charge in [-0.2, -0.15) is 0 Å². The molecule has 0 bridgehead atoms. The van der Waals surface area contributed by atoms with Crippen LogP contribution in [0.4, 0.5) is 4.79 Å². The molecule has 6 nitrogen and oxygen atoms in total. The minimum Gasteiger partial charge on any atom is -0.493 e. The molecule has 3 rings (SSSR count). The number of piperidine rings is 1. The second-order valence-corrected chi connectivity index (χ2v) is 8.87. The van der Waals surface area contributed by atoms with Crippen molar-refractivity contribution in [2.24, 2.45) is 5.92 Å². The lowest BCUT2D eigenvalue weighted by Crippen LogP contribution is -2.51. The van der Waals surface area contributed by atoms with Crippen molar-refractivity contribution in [2.45, 2.75) is 45.2 Å². The van der Waals surface area contributed by atoms with Gasteiger partial charge in [-0.15, -0.1) is 11.8 Å². The number of nitrogens with zero attached hydrogens (tertiary/aromatic N) is 2. The second kappa shape index (κ2) is 10.8. The van der Waals surface area contributed by atoms with E-state index in [2.05, 4.69) is 13.8 Å². The molecule has 1 aromatic rings. The molecule has 160 valence electrons. The molecule has 2 heterocycles. The fourth-order valence-electron chi connectivity index (χ4n) is 3.96. The fraction of sp³-hybridized carbons (Fsp3) is 0.636. The molecular formula is C22H32N2O4S. The lowest BCUT2D eigenvalue weighted by molar-refractivity contribution is -0.129. The Hall–Kier alpha value is -1.89. The van der Waals surface area contributed by atoms with Crippen LogP contribution in [0.3, 0.4) is 0 Å². The molecule has 2 saturated heterocycles. The third-order valence-electron chi connectivity index (χ3n) is 5.92. The fourth-order valence-corrected chi connectivity index (χ4v) is 4.66. The molecular weight excluding hydrogens is 388 g/mol. The van der Waals surface area contributed by atoms with Crippen molar-refractivity contribution in [3.05, 3.63) is 30.3 Å². The summed E-state index contributed by atoms with van der Waals surface area (Å²) in [5, 5.41) is 0. The Morgan fingerprint density at radius 2 is 2.00 bits per heavy atom. The number of likely N-dealkylation sites (tertiary alicyclic amines) is 1. The Bertz CT molecular complexity index is 664. The van der Waals surface area contributed by atoms with E-state index in [9.17, 15) is 9.59 Å². The number of thioether (sulfide) groups is 1. The van der Waals surface area contributed by atoms with Gasteiger partial charge >= 0.3 is 6.09 Å². The molecule has 2 aliphatic rings. The second-order valence-electron chi connectivity index (χ2n) is 7.76. The topological polar surface area (TPSA) is 59.1 Å². The van der Waals surface area contributed by atoms with Crippen LogP contribution in [0.2, 0.25) is 0 Å².